The SMILES string of the molecule is O=C(O)[C@H]1NC2C(O)C1C[C@H]2O. The summed E-state index contributed by atoms with van der Waals surface area (Å²) in [5.41, 5.74) is 0. The van der Waals surface area contributed by atoms with Crippen molar-refractivity contribution in [3.8, 4) is 0 Å². The van der Waals surface area contributed by atoms with Crippen molar-refractivity contribution in [1.29, 1.82) is 0 Å². The molecule has 1 heterocycles. The minimum atomic E-state index is -0.951. The molecule has 3 unspecified atom stereocenters. The number of rotatable bonds is 1. The molecule has 1 saturated heterocycles. The molecule has 5 atom stereocenters. The van der Waals surface area contributed by atoms with E-state index in [0.717, 1.165) is 0 Å². The molecule has 2 fully saturated rings. The lowest BCUT2D eigenvalue weighted by atomic mass is 9.98. The molecule has 5 nitrogen and oxygen atoms in total. The van der Waals surface area contributed by atoms with Gasteiger partial charge in [-0.3, -0.25) is 10.1 Å². The van der Waals surface area contributed by atoms with Gasteiger partial charge in [-0.05, 0) is 6.42 Å². The zero-order valence-electron chi connectivity index (χ0n) is 6.34. The van der Waals surface area contributed by atoms with Crippen LogP contribution in [0.4, 0.5) is 0 Å². The Morgan fingerprint density at radius 3 is 2.42 bits per heavy atom. The van der Waals surface area contributed by atoms with Crippen LogP contribution in [0.15, 0.2) is 0 Å². The smallest absolute Gasteiger partial charge is 0.321 e. The summed E-state index contributed by atoms with van der Waals surface area (Å²) in [4.78, 5) is 10.6. The van der Waals surface area contributed by atoms with Crippen LogP contribution in [0.5, 0.6) is 0 Å². The first-order valence-corrected chi connectivity index (χ1v) is 3.96. The topological polar surface area (TPSA) is 89.8 Å². The lowest BCUT2D eigenvalue weighted by Crippen LogP contribution is -2.47. The van der Waals surface area contributed by atoms with Gasteiger partial charge in [-0.1, -0.05) is 0 Å². The summed E-state index contributed by atoms with van der Waals surface area (Å²) in [6, 6.07) is -1.13. The molecule has 12 heavy (non-hydrogen) atoms. The second-order valence-corrected chi connectivity index (χ2v) is 3.47. The molecule has 0 radical (unpaired) electrons. The largest absolute Gasteiger partial charge is 0.480 e. The third-order valence-electron chi connectivity index (χ3n) is 2.80. The molecule has 1 aliphatic carbocycles. The van der Waals surface area contributed by atoms with E-state index in [1.54, 1.807) is 0 Å². The first-order valence-electron chi connectivity index (χ1n) is 3.96. The fraction of sp³-hybridized carbons (Fsp3) is 0.857. The van der Waals surface area contributed by atoms with Crippen LogP contribution >= 0.6 is 0 Å². The van der Waals surface area contributed by atoms with Gasteiger partial charge in [0.05, 0.1) is 18.2 Å². The van der Waals surface area contributed by atoms with Gasteiger partial charge in [0.25, 0.3) is 0 Å². The monoisotopic (exact) mass is 173 g/mol. The van der Waals surface area contributed by atoms with Crippen molar-refractivity contribution in [3.05, 3.63) is 0 Å². The van der Waals surface area contributed by atoms with E-state index >= 15 is 0 Å². The number of carboxylic acids is 1. The van der Waals surface area contributed by atoms with Gasteiger partial charge in [-0.2, -0.15) is 0 Å². The second kappa shape index (κ2) is 2.42. The standard InChI is InChI=1S/C7H11NO4/c9-3-1-2-4(7(11)12)8-5(3)6(2)10/h2-6,8-10H,1H2,(H,11,12)/t2?,3-,4+,5?,6?/m1/s1. The van der Waals surface area contributed by atoms with Crippen LogP contribution in [-0.4, -0.2) is 45.6 Å². The highest BCUT2D eigenvalue weighted by Gasteiger charge is 2.54. The molecule has 2 bridgehead atoms. The summed E-state index contributed by atoms with van der Waals surface area (Å²) in [6.45, 7) is 0. The molecule has 4 N–H and O–H groups in total. The van der Waals surface area contributed by atoms with Gasteiger partial charge < -0.3 is 15.3 Å². The highest BCUT2D eigenvalue weighted by molar-refractivity contribution is 5.75. The maximum Gasteiger partial charge on any atom is 0.321 e. The number of fused-ring (bicyclic) bond motifs is 2. The Morgan fingerprint density at radius 2 is 2.08 bits per heavy atom. The van der Waals surface area contributed by atoms with Crippen LogP contribution in [0.2, 0.25) is 0 Å². The van der Waals surface area contributed by atoms with Crippen molar-refractivity contribution in [1.82, 2.24) is 5.32 Å². The van der Waals surface area contributed by atoms with Gasteiger partial charge in [0.1, 0.15) is 6.04 Å². The van der Waals surface area contributed by atoms with Crippen LogP contribution in [0, 0.1) is 5.92 Å². The summed E-state index contributed by atoms with van der Waals surface area (Å²) in [6.07, 6.45) is -0.919. The molecule has 0 aromatic heterocycles. The molecule has 0 amide bonds. The van der Waals surface area contributed by atoms with Crippen LogP contribution in [0.1, 0.15) is 6.42 Å². The first kappa shape index (κ1) is 7.97. The van der Waals surface area contributed by atoms with E-state index < -0.39 is 30.3 Å². The molecule has 0 spiro atoms. The van der Waals surface area contributed by atoms with Crippen LogP contribution < -0.4 is 5.32 Å². The summed E-state index contributed by atoms with van der Waals surface area (Å²) in [5.74, 6) is -1.28. The lowest BCUT2D eigenvalue weighted by Gasteiger charge is -2.22. The molecule has 0 aromatic carbocycles. The summed E-state index contributed by atoms with van der Waals surface area (Å²) >= 11 is 0. The minimum Gasteiger partial charge on any atom is -0.480 e. The number of aliphatic carboxylic acids is 1. The van der Waals surface area contributed by atoms with Crippen molar-refractivity contribution < 1.29 is 20.1 Å². The zero-order valence-corrected chi connectivity index (χ0v) is 6.34. The van der Waals surface area contributed by atoms with E-state index in [1.807, 2.05) is 0 Å². The Morgan fingerprint density at radius 1 is 1.42 bits per heavy atom. The predicted molar refractivity (Wildman–Crippen MR) is 38.5 cm³/mol. The van der Waals surface area contributed by atoms with E-state index in [1.165, 1.54) is 0 Å². The number of hydrogen-bond donors (Lipinski definition) is 4. The lowest BCUT2D eigenvalue weighted by molar-refractivity contribution is -0.141. The molecule has 68 valence electrons. The van der Waals surface area contributed by atoms with Gasteiger partial charge in [0.15, 0.2) is 0 Å². The molecule has 2 rings (SSSR count). The van der Waals surface area contributed by atoms with Crippen LogP contribution in [0.3, 0.4) is 0 Å². The van der Waals surface area contributed by atoms with Crippen LogP contribution in [-0.2, 0) is 4.79 Å². The fourth-order valence-electron chi connectivity index (χ4n) is 2.19. The number of hydrogen-bond acceptors (Lipinski definition) is 4. The first-order chi connectivity index (χ1) is 5.61. The van der Waals surface area contributed by atoms with E-state index in [-0.39, 0.29) is 5.92 Å². The van der Waals surface area contributed by atoms with Gasteiger partial charge in [0, 0.05) is 5.92 Å². The van der Waals surface area contributed by atoms with E-state index in [9.17, 15) is 15.0 Å². The Bertz CT molecular complexity index is 219. The minimum absolute atomic E-state index is 0.331. The second-order valence-electron chi connectivity index (χ2n) is 3.47. The van der Waals surface area contributed by atoms with Gasteiger partial charge >= 0.3 is 5.97 Å². The van der Waals surface area contributed by atoms with Gasteiger partial charge in [-0.15, -0.1) is 0 Å². The Labute approximate surface area is 69.0 Å². The Balaban J connectivity index is 2.16. The Hall–Kier alpha value is -0.650. The maximum absolute atomic E-state index is 10.6. The molecular weight excluding hydrogens is 162 g/mol. The van der Waals surface area contributed by atoms with Crippen molar-refractivity contribution in [2.75, 3.05) is 0 Å². The number of piperidine rings is 1. The number of nitrogens with one attached hydrogen (secondary N) is 1. The summed E-state index contributed by atoms with van der Waals surface area (Å²) in [5, 5.41) is 30.1. The zero-order chi connectivity index (χ0) is 8.88. The van der Waals surface area contributed by atoms with Crippen molar-refractivity contribution in [2.45, 2.75) is 30.7 Å². The van der Waals surface area contributed by atoms with Gasteiger partial charge in [-0.25, -0.2) is 0 Å². The van der Waals surface area contributed by atoms with E-state index in [2.05, 4.69) is 5.32 Å². The number of aliphatic hydroxyl groups is 2. The van der Waals surface area contributed by atoms with E-state index in [0.29, 0.717) is 6.42 Å². The summed E-state index contributed by atoms with van der Waals surface area (Å²) < 4.78 is 0. The average Bonchev–Trinajstić information content (AvgIpc) is 2.42. The normalized spacial score (nSPS) is 51.3. The third-order valence-corrected chi connectivity index (χ3v) is 2.80. The summed E-state index contributed by atoms with van der Waals surface area (Å²) in [7, 11) is 0. The number of carbonyl (C=O) groups is 1. The highest BCUT2D eigenvalue weighted by Crippen LogP contribution is 2.35. The molecule has 1 saturated carbocycles. The third kappa shape index (κ3) is 0.872. The Kier molecular flexibility index (Phi) is 1.61. The van der Waals surface area contributed by atoms with Crippen LogP contribution in [0.25, 0.3) is 0 Å². The molecular formula is C7H11NO4. The quantitative estimate of drug-likeness (QED) is 0.374. The number of aliphatic hydroxyl groups excluding tert-OH is 2. The van der Waals surface area contributed by atoms with E-state index in [4.69, 9.17) is 5.11 Å². The van der Waals surface area contributed by atoms with Crippen molar-refractivity contribution in [3.63, 3.8) is 0 Å². The fourth-order valence-corrected chi connectivity index (χ4v) is 2.19. The molecule has 5 heteroatoms. The molecule has 1 aliphatic heterocycles. The van der Waals surface area contributed by atoms with Crippen molar-refractivity contribution in [2.24, 2.45) is 5.92 Å². The highest BCUT2D eigenvalue weighted by atomic mass is 16.4. The molecule has 2 aliphatic rings. The van der Waals surface area contributed by atoms with Crippen molar-refractivity contribution >= 4 is 5.97 Å². The predicted octanol–water partition coefficient (Wildman–Crippen LogP) is -1.85. The molecule has 0 aromatic rings. The van der Waals surface area contributed by atoms with Gasteiger partial charge in [0.2, 0.25) is 0 Å². The average molecular weight is 173 g/mol. The number of carboxylic acid groups (broad SMARTS) is 1. The maximum atomic E-state index is 10.6.